The largest absolute Gasteiger partial charge is 0.314 e. The Kier molecular flexibility index (Phi) is 5.25. The lowest BCUT2D eigenvalue weighted by Gasteiger charge is -2.16. The number of hydrogen-bond donors (Lipinski definition) is 1. The summed E-state index contributed by atoms with van der Waals surface area (Å²) in [6.45, 7) is 6.47. The van der Waals surface area contributed by atoms with Crippen LogP contribution in [0.15, 0.2) is 4.47 Å². The van der Waals surface area contributed by atoms with Crippen LogP contribution in [0.4, 0.5) is 0 Å². The first-order valence-corrected chi connectivity index (χ1v) is 8.03. The molecule has 18 heavy (non-hydrogen) atoms. The number of rotatable bonds is 4. The molecule has 0 aromatic carbocycles. The molecular formula is C14H24BrN3. The Balaban J connectivity index is 2.13. The average molecular weight is 314 g/mol. The van der Waals surface area contributed by atoms with Crippen LogP contribution >= 0.6 is 15.9 Å². The van der Waals surface area contributed by atoms with Crippen LogP contribution < -0.4 is 5.32 Å². The Labute approximate surface area is 118 Å². The first-order chi connectivity index (χ1) is 8.76. The summed E-state index contributed by atoms with van der Waals surface area (Å²) < 4.78 is 3.40. The van der Waals surface area contributed by atoms with Gasteiger partial charge in [0.15, 0.2) is 0 Å². The second-order valence-electron chi connectivity index (χ2n) is 5.08. The quantitative estimate of drug-likeness (QED) is 0.924. The molecule has 0 saturated carbocycles. The van der Waals surface area contributed by atoms with E-state index in [-0.39, 0.29) is 0 Å². The van der Waals surface area contributed by atoms with Crippen LogP contribution in [0, 0.1) is 0 Å². The van der Waals surface area contributed by atoms with E-state index in [2.05, 4.69) is 44.9 Å². The molecule has 0 spiro atoms. The molecule has 1 aliphatic heterocycles. The second kappa shape index (κ2) is 6.71. The second-order valence-corrected chi connectivity index (χ2v) is 5.87. The van der Waals surface area contributed by atoms with Crippen molar-refractivity contribution in [3.63, 3.8) is 0 Å². The molecular weight excluding hydrogens is 290 g/mol. The maximum atomic E-state index is 4.68. The monoisotopic (exact) mass is 313 g/mol. The van der Waals surface area contributed by atoms with E-state index in [0.717, 1.165) is 19.4 Å². The van der Waals surface area contributed by atoms with Crippen molar-refractivity contribution in [1.82, 2.24) is 15.1 Å². The fourth-order valence-corrected chi connectivity index (χ4v) is 3.45. The summed E-state index contributed by atoms with van der Waals surface area (Å²) in [5.41, 5.74) is 2.56. The topological polar surface area (TPSA) is 29.9 Å². The summed E-state index contributed by atoms with van der Waals surface area (Å²) in [7, 11) is 0. The maximum absolute atomic E-state index is 4.68. The van der Waals surface area contributed by atoms with Gasteiger partial charge in [-0.05, 0) is 48.7 Å². The van der Waals surface area contributed by atoms with Crippen molar-refractivity contribution in [2.24, 2.45) is 0 Å². The minimum Gasteiger partial charge on any atom is -0.314 e. The molecule has 1 unspecified atom stereocenters. The Morgan fingerprint density at radius 3 is 2.89 bits per heavy atom. The average Bonchev–Trinajstić information content (AvgIpc) is 2.58. The molecule has 3 nitrogen and oxygen atoms in total. The van der Waals surface area contributed by atoms with Crippen LogP contribution in [0.5, 0.6) is 0 Å². The van der Waals surface area contributed by atoms with Crippen molar-refractivity contribution in [3.05, 3.63) is 15.9 Å². The lowest BCUT2D eigenvalue weighted by molar-refractivity contribution is 0.483. The van der Waals surface area contributed by atoms with Crippen molar-refractivity contribution < 1.29 is 0 Å². The highest BCUT2D eigenvalue weighted by atomic mass is 79.9. The van der Waals surface area contributed by atoms with Gasteiger partial charge in [-0.3, -0.25) is 4.68 Å². The third kappa shape index (κ3) is 3.15. The molecule has 1 fully saturated rings. The van der Waals surface area contributed by atoms with Gasteiger partial charge in [-0.25, -0.2) is 0 Å². The normalized spacial score (nSPS) is 20.9. The molecule has 0 radical (unpaired) electrons. The number of nitrogens with one attached hydrogen (secondary N) is 1. The van der Waals surface area contributed by atoms with Gasteiger partial charge in [0.1, 0.15) is 0 Å². The molecule has 2 rings (SSSR count). The van der Waals surface area contributed by atoms with Crippen LogP contribution in [-0.2, 0) is 19.4 Å². The summed E-state index contributed by atoms with van der Waals surface area (Å²) in [6.07, 6.45) is 7.45. The molecule has 1 saturated heterocycles. The zero-order chi connectivity index (χ0) is 13.0. The smallest absolute Gasteiger partial charge is 0.0766 e. The Morgan fingerprint density at radius 1 is 1.33 bits per heavy atom. The molecule has 1 N–H and O–H groups in total. The summed E-state index contributed by atoms with van der Waals surface area (Å²) in [5.74, 6) is 0. The molecule has 0 aliphatic carbocycles. The molecule has 1 aromatic heterocycles. The van der Waals surface area contributed by atoms with Crippen molar-refractivity contribution >= 4 is 15.9 Å². The molecule has 1 aromatic rings. The Morgan fingerprint density at radius 2 is 2.17 bits per heavy atom. The van der Waals surface area contributed by atoms with Gasteiger partial charge in [-0.15, -0.1) is 0 Å². The molecule has 2 heterocycles. The van der Waals surface area contributed by atoms with E-state index in [0.29, 0.717) is 6.04 Å². The first-order valence-electron chi connectivity index (χ1n) is 7.23. The predicted octanol–water partition coefficient (Wildman–Crippen LogP) is 3.30. The van der Waals surface area contributed by atoms with E-state index in [9.17, 15) is 0 Å². The van der Waals surface area contributed by atoms with Gasteiger partial charge < -0.3 is 5.32 Å². The van der Waals surface area contributed by atoms with Gasteiger partial charge in [-0.1, -0.05) is 19.8 Å². The van der Waals surface area contributed by atoms with Gasteiger partial charge in [0, 0.05) is 19.0 Å². The van der Waals surface area contributed by atoms with Crippen molar-refractivity contribution in [3.8, 4) is 0 Å². The zero-order valence-corrected chi connectivity index (χ0v) is 13.1. The summed E-state index contributed by atoms with van der Waals surface area (Å²) >= 11 is 3.74. The number of nitrogens with zero attached hydrogens (tertiary/aromatic N) is 2. The number of aryl methyl sites for hydroxylation is 2. The maximum Gasteiger partial charge on any atom is 0.0766 e. The lowest BCUT2D eigenvalue weighted by atomic mass is 10.1. The van der Waals surface area contributed by atoms with Crippen LogP contribution in [0.2, 0.25) is 0 Å². The van der Waals surface area contributed by atoms with E-state index in [1.54, 1.807) is 0 Å². The third-order valence-electron chi connectivity index (χ3n) is 3.80. The predicted molar refractivity (Wildman–Crippen MR) is 78.9 cm³/mol. The van der Waals surface area contributed by atoms with Gasteiger partial charge in [0.2, 0.25) is 0 Å². The SMILES string of the molecule is CCc1nn(CC)c(CC2CCCCCN2)c1Br. The Bertz CT molecular complexity index is 379. The highest BCUT2D eigenvalue weighted by Crippen LogP contribution is 2.25. The van der Waals surface area contributed by atoms with Gasteiger partial charge in [0.05, 0.1) is 15.9 Å². The Hall–Kier alpha value is -0.350. The molecule has 4 heteroatoms. The lowest BCUT2D eigenvalue weighted by Crippen LogP contribution is -2.31. The van der Waals surface area contributed by atoms with Crippen LogP contribution in [0.1, 0.15) is 50.9 Å². The highest BCUT2D eigenvalue weighted by molar-refractivity contribution is 9.10. The summed E-state index contributed by atoms with van der Waals surface area (Å²) in [4.78, 5) is 0. The van der Waals surface area contributed by atoms with E-state index in [1.165, 1.54) is 48.1 Å². The number of hydrogen-bond acceptors (Lipinski definition) is 2. The minimum atomic E-state index is 0.621. The van der Waals surface area contributed by atoms with Gasteiger partial charge >= 0.3 is 0 Å². The van der Waals surface area contributed by atoms with E-state index >= 15 is 0 Å². The van der Waals surface area contributed by atoms with E-state index < -0.39 is 0 Å². The fraction of sp³-hybridized carbons (Fsp3) is 0.786. The van der Waals surface area contributed by atoms with Gasteiger partial charge in [-0.2, -0.15) is 5.10 Å². The van der Waals surface area contributed by atoms with Crippen molar-refractivity contribution in [2.45, 2.75) is 65.0 Å². The minimum absolute atomic E-state index is 0.621. The van der Waals surface area contributed by atoms with Crippen molar-refractivity contribution in [2.75, 3.05) is 6.54 Å². The fourth-order valence-electron chi connectivity index (χ4n) is 2.72. The molecule has 102 valence electrons. The molecule has 0 bridgehead atoms. The van der Waals surface area contributed by atoms with Crippen molar-refractivity contribution in [1.29, 1.82) is 0 Å². The van der Waals surface area contributed by atoms with Crippen LogP contribution in [-0.4, -0.2) is 22.4 Å². The number of halogens is 1. The summed E-state index contributed by atoms with van der Waals surface area (Å²) in [5, 5.41) is 8.35. The zero-order valence-electron chi connectivity index (χ0n) is 11.5. The summed E-state index contributed by atoms with van der Waals surface area (Å²) in [6, 6.07) is 0.621. The highest BCUT2D eigenvalue weighted by Gasteiger charge is 2.19. The molecule has 0 amide bonds. The molecule has 1 atom stereocenters. The third-order valence-corrected chi connectivity index (χ3v) is 4.71. The molecule has 1 aliphatic rings. The first kappa shape index (κ1) is 14.1. The van der Waals surface area contributed by atoms with E-state index in [1.807, 2.05) is 0 Å². The van der Waals surface area contributed by atoms with E-state index in [4.69, 9.17) is 0 Å². The standard InChI is InChI=1S/C14H24BrN3/c1-3-12-14(15)13(18(4-2)17-12)10-11-8-6-5-7-9-16-11/h11,16H,3-10H2,1-2H3. The number of aromatic nitrogens is 2. The van der Waals surface area contributed by atoms with Gasteiger partial charge in [0.25, 0.3) is 0 Å². The van der Waals surface area contributed by atoms with Crippen LogP contribution in [0.3, 0.4) is 0 Å². The van der Waals surface area contributed by atoms with Crippen LogP contribution in [0.25, 0.3) is 0 Å².